The number of rotatable bonds is 3. The molecule has 0 unspecified atom stereocenters. The molecule has 3 nitrogen and oxygen atoms in total. The molecular formula is C15H12ClN3S. The first-order valence-electron chi connectivity index (χ1n) is 6.15. The van der Waals surface area contributed by atoms with Gasteiger partial charge in [0.05, 0.1) is 12.2 Å². The van der Waals surface area contributed by atoms with Gasteiger partial charge in [-0.15, -0.1) is 11.3 Å². The number of halogens is 1. The number of hydrogen-bond donors (Lipinski definition) is 0. The van der Waals surface area contributed by atoms with E-state index in [1.165, 1.54) is 0 Å². The summed E-state index contributed by atoms with van der Waals surface area (Å²) in [5, 5.41) is 2.55. The fourth-order valence-corrected chi connectivity index (χ4v) is 2.68. The number of benzene rings is 1. The molecule has 0 N–H and O–H groups in total. The largest absolute Gasteiger partial charge is 0.319 e. The second-order valence-electron chi connectivity index (χ2n) is 4.25. The lowest BCUT2D eigenvalue weighted by Crippen LogP contribution is -2.14. The van der Waals surface area contributed by atoms with E-state index in [1.807, 2.05) is 48.0 Å². The Hall–Kier alpha value is -1.91. The van der Waals surface area contributed by atoms with E-state index in [2.05, 4.69) is 14.5 Å². The van der Waals surface area contributed by atoms with Gasteiger partial charge in [-0.2, -0.15) is 0 Å². The van der Waals surface area contributed by atoms with Crippen molar-refractivity contribution in [2.75, 3.05) is 0 Å². The van der Waals surface area contributed by atoms with Crippen LogP contribution in [0.1, 0.15) is 5.56 Å². The van der Waals surface area contributed by atoms with E-state index in [0.29, 0.717) is 5.15 Å². The highest BCUT2D eigenvalue weighted by Crippen LogP contribution is 2.10. The lowest BCUT2D eigenvalue weighted by molar-refractivity contribution is 0.767. The molecule has 20 heavy (non-hydrogen) atoms. The molecule has 0 bridgehead atoms. The number of aromatic nitrogens is 2. The predicted octanol–water partition coefficient (Wildman–Crippen LogP) is 3.88. The highest BCUT2D eigenvalue weighted by molar-refractivity contribution is 7.07. The van der Waals surface area contributed by atoms with E-state index in [1.54, 1.807) is 23.6 Å². The Balaban J connectivity index is 1.91. The summed E-state index contributed by atoms with van der Waals surface area (Å²) >= 11 is 7.41. The van der Waals surface area contributed by atoms with Gasteiger partial charge in [0.1, 0.15) is 5.15 Å². The number of thiazole rings is 1. The van der Waals surface area contributed by atoms with Crippen LogP contribution in [-0.4, -0.2) is 9.55 Å². The summed E-state index contributed by atoms with van der Waals surface area (Å²) in [6.07, 6.45) is 3.82. The average Bonchev–Trinajstić information content (AvgIpc) is 2.90. The van der Waals surface area contributed by atoms with Crippen molar-refractivity contribution in [3.05, 3.63) is 75.8 Å². The molecule has 0 aliphatic carbocycles. The lowest BCUT2D eigenvalue weighted by atomic mass is 10.3. The fraction of sp³-hybridized carbons (Fsp3) is 0.0667. The van der Waals surface area contributed by atoms with Crippen LogP contribution < -0.4 is 4.80 Å². The zero-order valence-corrected chi connectivity index (χ0v) is 12.2. The van der Waals surface area contributed by atoms with Crippen LogP contribution in [0.4, 0.5) is 5.69 Å². The Kier molecular flexibility index (Phi) is 3.95. The molecular weight excluding hydrogens is 290 g/mol. The van der Waals surface area contributed by atoms with Crippen molar-refractivity contribution in [3.63, 3.8) is 0 Å². The molecule has 0 amide bonds. The standard InChI is InChI=1S/C15H12ClN3S/c16-14-7-6-12(10-17-14)11-19-8-9-20-15(19)18-13-4-2-1-3-5-13/h1-10H,11H2. The Morgan fingerprint density at radius 3 is 2.75 bits per heavy atom. The summed E-state index contributed by atoms with van der Waals surface area (Å²) in [7, 11) is 0. The molecule has 0 atom stereocenters. The first-order valence-corrected chi connectivity index (χ1v) is 7.41. The monoisotopic (exact) mass is 301 g/mol. The maximum Gasteiger partial charge on any atom is 0.190 e. The molecule has 0 saturated heterocycles. The van der Waals surface area contributed by atoms with Gasteiger partial charge in [-0.1, -0.05) is 35.9 Å². The average molecular weight is 302 g/mol. The molecule has 2 aromatic heterocycles. The van der Waals surface area contributed by atoms with Gasteiger partial charge >= 0.3 is 0 Å². The van der Waals surface area contributed by atoms with Crippen LogP contribution in [0, 0.1) is 0 Å². The van der Waals surface area contributed by atoms with Crippen LogP contribution >= 0.6 is 22.9 Å². The van der Waals surface area contributed by atoms with Gasteiger partial charge in [0.2, 0.25) is 0 Å². The summed E-state index contributed by atoms with van der Waals surface area (Å²) in [4.78, 5) is 9.71. The van der Waals surface area contributed by atoms with Gasteiger partial charge in [0.15, 0.2) is 4.80 Å². The summed E-state index contributed by atoms with van der Waals surface area (Å²) in [6, 6.07) is 13.7. The van der Waals surface area contributed by atoms with Crippen molar-refractivity contribution in [1.29, 1.82) is 0 Å². The molecule has 1 aromatic carbocycles. The minimum atomic E-state index is 0.512. The van der Waals surface area contributed by atoms with Crippen LogP contribution in [0.25, 0.3) is 0 Å². The summed E-state index contributed by atoms with van der Waals surface area (Å²) < 4.78 is 2.10. The second kappa shape index (κ2) is 6.03. The molecule has 100 valence electrons. The lowest BCUT2D eigenvalue weighted by Gasteiger charge is -2.03. The molecule has 2 heterocycles. The van der Waals surface area contributed by atoms with Crippen LogP contribution in [0.5, 0.6) is 0 Å². The normalized spacial score (nSPS) is 11.8. The molecule has 0 fully saturated rings. The first kappa shape index (κ1) is 13.1. The van der Waals surface area contributed by atoms with Crippen LogP contribution in [0.2, 0.25) is 5.15 Å². The molecule has 0 saturated carbocycles. The van der Waals surface area contributed by atoms with Gasteiger partial charge < -0.3 is 4.57 Å². The van der Waals surface area contributed by atoms with Crippen LogP contribution in [-0.2, 0) is 6.54 Å². The SMILES string of the molecule is Clc1ccc(Cn2ccsc2=Nc2ccccc2)cn1. The van der Waals surface area contributed by atoms with Gasteiger partial charge in [-0.05, 0) is 23.8 Å². The first-order chi connectivity index (χ1) is 9.81. The molecule has 0 aliphatic heterocycles. The van der Waals surface area contributed by atoms with Crippen molar-refractivity contribution in [2.24, 2.45) is 4.99 Å². The van der Waals surface area contributed by atoms with Crippen molar-refractivity contribution < 1.29 is 0 Å². The minimum absolute atomic E-state index is 0.512. The van der Waals surface area contributed by atoms with E-state index < -0.39 is 0 Å². The van der Waals surface area contributed by atoms with E-state index in [-0.39, 0.29) is 0 Å². The van der Waals surface area contributed by atoms with Crippen molar-refractivity contribution >= 4 is 28.6 Å². The maximum absolute atomic E-state index is 5.80. The third-order valence-electron chi connectivity index (χ3n) is 2.78. The zero-order chi connectivity index (χ0) is 13.8. The van der Waals surface area contributed by atoms with E-state index >= 15 is 0 Å². The third-order valence-corrected chi connectivity index (χ3v) is 3.80. The minimum Gasteiger partial charge on any atom is -0.319 e. The van der Waals surface area contributed by atoms with Gasteiger partial charge in [0.25, 0.3) is 0 Å². The maximum atomic E-state index is 5.80. The van der Waals surface area contributed by atoms with Crippen molar-refractivity contribution in [3.8, 4) is 0 Å². The highest BCUT2D eigenvalue weighted by atomic mass is 35.5. The van der Waals surface area contributed by atoms with Gasteiger partial charge in [-0.25, -0.2) is 9.98 Å². The van der Waals surface area contributed by atoms with Crippen LogP contribution in [0.3, 0.4) is 0 Å². The predicted molar refractivity (Wildman–Crippen MR) is 82.3 cm³/mol. The molecule has 0 radical (unpaired) electrons. The zero-order valence-electron chi connectivity index (χ0n) is 10.6. The highest BCUT2D eigenvalue weighted by Gasteiger charge is 1.99. The molecule has 3 aromatic rings. The summed E-state index contributed by atoms with van der Waals surface area (Å²) in [5.41, 5.74) is 2.06. The molecule has 0 spiro atoms. The summed E-state index contributed by atoms with van der Waals surface area (Å²) in [6.45, 7) is 0.735. The Morgan fingerprint density at radius 1 is 1.15 bits per heavy atom. The fourth-order valence-electron chi connectivity index (χ4n) is 1.82. The van der Waals surface area contributed by atoms with Gasteiger partial charge in [0, 0.05) is 17.8 Å². The molecule has 5 heteroatoms. The number of hydrogen-bond acceptors (Lipinski definition) is 3. The molecule has 0 aliphatic rings. The Morgan fingerprint density at radius 2 is 2.00 bits per heavy atom. The quantitative estimate of drug-likeness (QED) is 0.675. The summed E-state index contributed by atoms with van der Waals surface area (Å²) in [5.74, 6) is 0. The topological polar surface area (TPSA) is 30.2 Å². The van der Waals surface area contributed by atoms with Gasteiger partial charge in [-0.3, -0.25) is 0 Å². The number of para-hydroxylation sites is 1. The smallest absolute Gasteiger partial charge is 0.190 e. The van der Waals surface area contributed by atoms with E-state index in [9.17, 15) is 0 Å². The Bertz CT molecular complexity index is 745. The molecule has 3 rings (SSSR count). The van der Waals surface area contributed by atoms with Crippen molar-refractivity contribution in [2.45, 2.75) is 6.54 Å². The Labute approximate surface area is 125 Å². The van der Waals surface area contributed by atoms with E-state index in [4.69, 9.17) is 11.6 Å². The van der Waals surface area contributed by atoms with Crippen LogP contribution in [0.15, 0.2) is 65.2 Å². The number of pyridine rings is 1. The van der Waals surface area contributed by atoms with Crippen molar-refractivity contribution in [1.82, 2.24) is 9.55 Å². The number of nitrogens with zero attached hydrogens (tertiary/aromatic N) is 3. The van der Waals surface area contributed by atoms with E-state index in [0.717, 1.165) is 22.6 Å². The third kappa shape index (κ3) is 3.15. The second-order valence-corrected chi connectivity index (χ2v) is 5.51.